The molecular weight excluding hydrogens is 325 g/mol. The molecule has 0 aliphatic carbocycles. The van der Waals surface area contributed by atoms with Crippen LogP contribution in [0.2, 0.25) is 0 Å². The van der Waals surface area contributed by atoms with Crippen molar-refractivity contribution in [3.63, 3.8) is 0 Å². The fourth-order valence-corrected chi connectivity index (χ4v) is 2.02. The number of nitrogens with zero attached hydrogens (tertiary/aromatic N) is 1. The molecule has 0 saturated carbocycles. The van der Waals surface area contributed by atoms with E-state index in [-0.39, 0.29) is 18.3 Å². The van der Waals surface area contributed by atoms with Crippen molar-refractivity contribution in [2.45, 2.75) is 26.4 Å². The second-order valence-electron chi connectivity index (χ2n) is 4.73. The highest BCUT2D eigenvalue weighted by Gasteiger charge is 2.10. The molecule has 0 aliphatic rings. The molecule has 0 unspecified atom stereocenters. The minimum absolute atomic E-state index is 0.0943. The Morgan fingerprint density at radius 3 is 2.70 bits per heavy atom. The quantitative estimate of drug-likeness (QED) is 0.898. The molecule has 0 amide bonds. The normalized spacial score (nSPS) is 10.9. The van der Waals surface area contributed by atoms with Gasteiger partial charge in [-0.1, -0.05) is 13.8 Å². The number of aliphatic hydroxyl groups is 1. The molecule has 2 aromatic rings. The number of halogens is 2. The van der Waals surface area contributed by atoms with Crippen LogP contribution in [0.15, 0.2) is 34.8 Å². The molecule has 2 rings (SSSR count). The zero-order valence-corrected chi connectivity index (χ0v) is 12.8. The SMILES string of the molecule is CC(C)c1cc(CO)cc(Oc2cc(F)ccc2Br)n1. The average Bonchev–Trinajstić information content (AvgIpc) is 2.42. The second kappa shape index (κ2) is 6.33. The molecule has 0 fully saturated rings. The number of aliphatic hydroxyl groups excluding tert-OH is 1. The Hall–Kier alpha value is -1.46. The van der Waals surface area contributed by atoms with E-state index in [0.29, 0.717) is 21.7 Å². The van der Waals surface area contributed by atoms with Gasteiger partial charge in [-0.25, -0.2) is 9.37 Å². The van der Waals surface area contributed by atoms with Gasteiger partial charge < -0.3 is 9.84 Å². The molecule has 3 nitrogen and oxygen atoms in total. The van der Waals surface area contributed by atoms with Gasteiger partial charge in [0.1, 0.15) is 11.6 Å². The fraction of sp³-hybridized carbons (Fsp3) is 0.267. The predicted octanol–water partition coefficient (Wildman–Crippen LogP) is 4.39. The van der Waals surface area contributed by atoms with Gasteiger partial charge in [0.15, 0.2) is 0 Å². The summed E-state index contributed by atoms with van der Waals surface area (Å²) in [5.74, 6) is 0.513. The summed E-state index contributed by atoms with van der Waals surface area (Å²) in [5, 5.41) is 9.28. The molecule has 106 valence electrons. The van der Waals surface area contributed by atoms with Gasteiger partial charge in [0.25, 0.3) is 0 Å². The maximum absolute atomic E-state index is 13.2. The van der Waals surface area contributed by atoms with Crippen LogP contribution in [0.25, 0.3) is 0 Å². The van der Waals surface area contributed by atoms with Crippen LogP contribution in [0.3, 0.4) is 0 Å². The van der Waals surface area contributed by atoms with E-state index in [0.717, 1.165) is 5.69 Å². The first-order chi connectivity index (χ1) is 9.49. The Bertz CT molecular complexity index is 617. The third kappa shape index (κ3) is 3.55. The van der Waals surface area contributed by atoms with Crippen LogP contribution in [0.4, 0.5) is 4.39 Å². The molecule has 1 N–H and O–H groups in total. The van der Waals surface area contributed by atoms with E-state index in [9.17, 15) is 9.50 Å². The minimum Gasteiger partial charge on any atom is -0.438 e. The topological polar surface area (TPSA) is 42.4 Å². The van der Waals surface area contributed by atoms with Gasteiger partial charge in [-0.15, -0.1) is 0 Å². The van der Waals surface area contributed by atoms with Crippen molar-refractivity contribution in [1.29, 1.82) is 0 Å². The molecule has 1 aromatic heterocycles. The first-order valence-electron chi connectivity index (χ1n) is 6.24. The maximum atomic E-state index is 13.2. The van der Waals surface area contributed by atoms with Crippen LogP contribution in [-0.4, -0.2) is 10.1 Å². The largest absolute Gasteiger partial charge is 0.438 e. The molecule has 0 radical (unpaired) electrons. The Morgan fingerprint density at radius 2 is 2.05 bits per heavy atom. The zero-order chi connectivity index (χ0) is 14.7. The van der Waals surface area contributed by atoms with Crippen molar-refractivity contribution in [3.8, 4) is 11.6 Å². The van der Waals surface area contributed by atoms with Crippen molar-refractivity contribution in [2.24, 2.45) is 0 Å². The standard InChI is InChI=1S/C15H15BrFNO2/c1-9(2)13-5-10(8-19)6-15(18-13)20-14-7-11(17)3-4-12(14)16/h3-7,9,19H,8H2,1-2H3. The smallest absolute Gasteiger partial charge is 0.219 e. The maximum Gasteiger partial charge on any atom is 0.219 e. The molecule has 0 aliphatic heterocycles. The summed E-state index contributed by atoms with van der Waals surface area (Å²) >= 11 is 3.30. The highest BCUT2D eigenvalue weighted by Crippen LogP contribution is 2.30. The van der Waals surface area contributed by atoms with E-state index in [1.54, 1.807) is 12.1 Å². The summed E-state index contributed by atoms with van der Waals surface area (Å²) in [6.45, 7) is 3.92. The van der Waals surface area contributed by atoms with Crippen LogP contribution in [-0.2, 0) is 6.61 Å². The minimum atomic E-state index is -0.384. The molecule has 0 bridgehead atoms. The monoisotopic (exact) mass is 339 g/mol. The summed E-state index contributed by atoms with van der Waals surface area (Å²) in [5.41, 5.74) is 1.53. The highest BCUT2D eigenvalue weighted by atomic mass is 79.9. The molecule has 1 heterocycles. The summed E-state index contributed by atoms with van der Waals surface area (Å²) in [6, 6.07) is 7.67. The van der Waals surface area contributed by atoms with Crippen LogP contribution in [0, 0.1) is 5.82 Å². The number of ether oxygens (including phenoxy) is 1. The average molecular weight is 340 g/mol. The molecule has 0 spiro atoms. The molecule has 20 heavy (non-hydrogen) atoms. The van der Waals surface area contributed by atoms with E-state index in [1.807, 2.05) is 19.9 Å². The lowest BCUT2D eigenvalue weighted by Gasteiger charge is -2.12. The zero-order valence-electron chi connectivity index (χ0n) is 11.2. The molecular formula is C15H15BrFNO2. The van der Waals surface area contributed by atoms with Gasteiger partial charge in [0.05, 0.1) is 11.1 Å². The van der Waals surface area contributed by atoms with Gasteiger partial charge in [-0.3, -0.25) is 0 Å². The van der Waals surface area contributed by atoms with Crippen LogP contribution in [0.5, 0.6) is 11.6 Å². The van der Waals surface area contributed by atoms with E-state index in [4.69, 9.17) is 4.74 Å². The van der Waals surface area contributed by atoms with Crippen molar-refractivity contribution in [2.75, 3.05) is 0 Å². The first-order valence-corrected chi connectivity index (χ1v) is 7.03. The van der Waals surface area contributed by atoms with Crippen molar-refractivity contribution < 1.29 is 14.2 Å². The van der Waals surface area contributed by atoms with Crippen molar-refractivity contribution in [1.82, 2.24) is 4.98 Å². The van der Waals surface area contributed by atoms with Gasteiger partial charge in [-0.2, -0.15) is 0 Å². The van der Waals surface area contributed by atoms with Crippen LogP contribution >= 0.6 is 15.9 Å². The van der Waals surface area contributed by atoms with Gasteiger partial charge >= 0.3 is 0 Å². The molecule has 0 saturated heterocycles. The molecule has 1 aromatic carbocycles. The van der Waals surface area contributed by atoms with Gasteiger partial charge in [-0.05, 0) is 45.6 Å². The van der Waals surface area contributed by atoms with Crippen LogP contribution < -0.4 is 4.74 Å². The third-order valence-corrected chi connectivity index (χ3v) is 3.42. The Balaban J connectivity index is 2.37. The second-order valence-corrected chi connectivity index (χ2v) is 5.58. The summed E-state index contributed by atoms with van der Waals surface area (Å²) in [6.07, 6.45) is 0. The predicted molar refractivity (Wildman–Crippen MR) is 78.4 cm³/mol. The lowest BCUT2D eigenvalue weighted by atomic mass is 10.1. The van der Waals surface area contributed by atoms with Gasteiger partial charge in [0, 0.05) is 17.8 Å². The lowest BCUT2D eigenvalue weighted by molar-refractivity contribution is 0.280. The van der Waals surface area contributed by atoms with E-state index in [2.05, 4.69) is 20.9 Å². The summed E-state index contributed by atoms with van der Waals surface area (Å²) in [4.78, 5) is 4.37. The fourth-order valence-electron chi connectivity index (χ4n) is 1.69. The van der Waals surface area contributed by atoms with E-state index < -0.39 is 0 Å². The number of pyridine rings is 1. The van der Waals surface area contributed by atoms with Crippen LogP contribution in [0.1, 0.15) is 31.0 Å². The Kier molecular flexibility index (Phi) is 4.73. The molecule has 5 heteroatoms. The summed E-state index contributed by atoms with van der Waals surface area (Å²) < 4.78 is 19.5. The third-order valence-electron chi connectivity index (χ3n) is 2.76. The van der Waals surface area contributed by atoms with E-state index >= 15 is 0 Å². The molecule has 0 atom stereocenters. The highest BCUT2D eigenvalue weighted by molar-refractivity contribution is 9.10. The number of rotatable bonds is 4. The number of benzene rings is 1. The number of hydrogen-bond acceptors (Lipinski definition) is 3. The number of hydrogen-bond donors (Lipinski definition) is 1. The van der Waals surface area contributed by atoms with Gasteiger partial charge in [0.2, 0.25) is 5.88 Å². The van der Waals surface area contributed by atoms with Crippen molar-refractivity contribution >= 4 is 15.9 Å². The van der Waals surface area contributed by atoms with Crippen molar-refractivity contribution in [3.05, 3.63) is 51.9 Å². The Morgan fingerprint density at radius 1 is 1.30 bits per heavy atom. The Labute approximate surface area is 125 Å². The summed E-state index contributed by atoms with van der Waals surface area (Å²) in [7, 11) is 0. The number of aromatic nitrogens is 1. The first kappa shape index (κ1) is 14.9. The lowest BCUT2D eigenvalue weighted by Crippen LogP contribution is -1.99. The van der Waals surface area contributed by atoms with E-state index in [1.165, 1.54) is 12.1 Å².